The largest absolute Gasteiger partial charge is 0.336 e. The number of hydrogen-bond donors (Lipinski definition) is 1. The second-order valence-corrected chi connectivity index (χ2v) is 6.40. The van der Waals surface area contributed by atoms with Gasteiger partial charge in [0.25, 0.3) is 5.91 Å². The molecular formula is C18H22ClN7O. The Morgan fingerprint density at radius 2 is 2.11 bits per heavy atom. The molecular weight excluding hydrogens is 366 g/mol. The Bertz CT molecular complexity index is 892. The zero-order valence-corrected chi connectivity index (χ0v) is 15.8. The van der Waals surface area contributed by atoms with Gasteiger partial charge in [-0.25, -0.2) is 9.67 Å². The zero-order chi connectivity index (χ0) is 17.9. The lowest BCUT2D eigenvalue weighted by Crippen LogP contribution is -2.49. The highest BCUT2D eigenvalue weighted by atomic mass is 35.5. The molecule has 4 rings (SSSR count). The molecule has 1 amide bonds. The third-order valence-corrected chi connectivity index (χ3v) is 4.61. The predicted octanol–water partition coefficient (Wildman–Crippen LogP) is 1.27. The average Bonchev–Trinajstić information content (AvgIpc) is 3.31. The fraction of sp³-hybridized carbons (Fsp3) is 0.333. The number of halogens is 1. The van der Waals surface area contributed by atoms with Crippen LogP contribution in [0, 0.1) is 0 Å². The Morgan fingerprint density at radius 3 is 2.85 bits per heavy atom. The van der Waals surface area contributed by atoms with Crippen molar-refractivity contribution in [1.29, 1.82) is 0 Å². The molecule has 9 heteroatoms. The van der Waals surface area contributed by atoms with E-state index in [9.17, 15) is 4.79 Å². The van der Waals surface area contributed by atoms with Crippen LogP contribution < -0.4 is 5.32 Å². The summed E-state index contributed by atoms with van der Waals surface area (Å²) in [4.78, 5) is 19.3. The fourth-order valence-corrected chi connectivity index (χ4v) is 3.27. The van der Waals surface area contributed by atoms with Crippen LogP contribution in [-0.2, 0) is 13.6 Å². The van der Waals surface area contributed by atoms with Gasteiger partial charge in [0, 0.05) is 39.1 Å². The van der Waals surface area contributed by atoms with E-state index >= 15 is 0 Å². The maximum absolute atomic E-state index is 13.0. The summed E-state index contributed by atoms with van der Waals surface area (Å²) in [5.41, 5.74) is 1.48. The number of piperazine rings is 1. The maximum Gasteiger partial charge on any atom is 0.276 e. The molecule has 3 aromatic rings. The first kappa shape index (κ1) is 19.1. The molecule has 8 nitrogen and oxygen atoms in total. The molecule has 0 bridgehead atoms. The maximum atomic E-state index is 13.0. The highest BCUT2D eigenvalue weighted by Gasteiger charge is 2.32. The number of amides is 1. The molecule has 3 heterocycles. The molecule has 0 radical (unpaired) electrons. The van der Waals surface area contributed by atoms with Gasteiger partial charge in [-0.15, -0.1) is 17.5 Å². The number of aryl methyl sites for hydroxylation is 1. The first-order valence-corrected chi connectivity index (χ1v) is 8.65. The summed E-state index contributed by atoms with van der Waals surface area (Å²) >= 11 is 0. The number of imidazole rings is 1. The minimum atomic E-state index is -0.115. The number of aromatic nitrogens is 5. The van der Waals surface area contributed by atoms with Crippen LogP contribution >= 0.6 is 12.4 Å². The lowest BCUT2D eigenvalue weighted by molar-refractivity contribution is 0.0614. The van der Waals surface area contributed by atoms with E-state index in [2.05, 4.69) is 20.6 Å². The van der Waals surface area contributed by atoms with Crippen LogP contribution in [0.3, 0.4) is 0 Å². The van der Waals surface area contributed by atoms with Gasteiger partial charge in [-0.2, -0.15) is 0 Å². The molecule has 0 aliphatic carbocycles. The molecule has 1 unspecified atom stereocenters. The van der Waals surface area contributed by atoms with Crippen molar-refractivity contribution in [2.45, 2.75) is 12.6 Å². The molecule has 2 aromatic heterocycles. The quantitative estimate of drug-likeness (QED) is 0.729. The van der Waals surface area contributed by atoms with Gasteiger partial charge in [0.2, 0.25) is 0 Å². The van der Waals surface area contributed by atoms with E-state index in [0.717, 1.165) is 17.9 Å². The van der Waals surface area contributed by atoms with E-state index in [1.54, 1.807) is 17.1 Å². The predicted molar refractivity (Wildman–Crippen MR) is 103 cm³/mol. The third-order valence-electron chi connectivity index (χ3n) is 4.61. The Balaban J connectivity index is 0.00000210. The van der Waals surface area contributed by atoms with Crippen molar-refractivity contribution in [2.24, 2.45) is 7.05 Å². The Hall–Kier alpha value is -2.71. The number of rotatable bonds is 4. The van der Waals surface area contributed by atoms with Gasteiger partial charge in [-0.05, 0) is 5.56 Å². The van der Waals surface area contributed by atoms with Crippen molar-refractivity contribution in [3.05, 3.63) is 66.0 Å². The van der Waals surface area contributed by atoms with Crippen molar-refractivity contribution in [3.8, 4) is 0 Å². The van der Waals surface area contributed by atoms with E-state index < -0.39 is 0 Å². The molecule has 1 fully saturated rings. The first-order valence-electron chi connectivity index (χ1n) is 8.65. The van der Waals surface area contributed by atoms with Gasteiger partial charge in [0.1, 0.15) is 11.9 Å². The molecule has 142 valence electrons. The number of nitrogens with zero attached hydrogens (tertiary/aromatic N) is 6. The van der Waals surface area contributed by atoms with E-state index in [-0.39, 0.29) is 24.4 Å². The highest BCUT2D eigenvalue weighted by Crippen LogP contribution is 2.22. The Morgan fingerprint density at radius 1 is 1.30 bits per heavy atom. The van der Waals surface area contributed by atoms with E-state index in [4.69, 9.17) is 0 Å². The lowest BCUT2D eigenvalue weighted by Gasteiger charge is -2.35. The van der Waals surface area contributed by atoms with Crippen molar-refractivity contribution in [3.63, 3.8) is 0 Å². The number of hydrogen-bond acceptors (Lipinski definition) is 5. The Labute approximate surface area is 163 Å². The van der Waals surface area contributed by atoms with Crippen LogP contribution in [0.1, 0.15) is 27.9 Å². The summed E-state index contributed by atoms with van der Waals surface area (Å²) in [6.07, 6.45) is 5.36. The molecule has 1 aliphatic heterocycles. The third kappa shape index (κ3) is 4.01. The summed E-state index contributed by atoms with van der Waals surface area (Å²) < 4.78 is 3.64. The number of nitrogens with one attached hydrogen (secondary N) is 1. The molecule has 1 aromatic carbocycles. The van der Waals surface area contributed by atoms with Gasteiger partial charge in [0.05, 0.1) is 12.7 Å². The van der Waals surface area contributed by atoms with Gasteiger partial charge in [-0.1, -0.05) is 35.5 Å². The summed E-state index contributed by atoms with van der Waals surface area (Å²) in [7, 11) is 1.94. The van der Waals surface area contributed by atoms with Gasteiger partial charge < -0.3 is 14.8 Å². The normalized spacial score (nSPS) is 16.8. The second kappa shape index (κ2) is 8.32. The second-order valence-electron chi connectivity index (χ2n) is 6.40. The standard InChI is InChI=1S/C18H21N7O.ClH/c1-23-9-8-20-17(23)16-11-19-7-10-25(16)18(26)15-13-24(22-21-15)12-14-5-3-2-4-6-14;/h2-6,8-9,13,16,19H,7,10-12H2,1H3;1H. The molecule has 1 N–H and O–H groups in total. The molecule has 0 saturated carbocycles. The molecule has 1 saturated heterocycles. The summed E-state index contributed by atoms with van der Waals surface area (Å²) in [5, 5.41) is 11.6. The monoisotopic (exact) mass is 387 g/mol. The summed E-state index contributed by atoms with van der Waals surface area (Å²) in [5.74, 6) is 0.751. The van der Waals surface area contributed by atoms with Gasteiger partial charge in [0.15, 0.2) is 5.69 Å². The summed E-state index contributed by atoms with van der Waals surface area (Å²) in [6.45, 7) is 2.63. The van der Waals surface area contributed by atoms with Crippen LogP contribution in [0.15, 0.2) is 48.9 Å². The van der Waals surface area contributed by atoms with Crippen LogP contribution in [0.4, 0.5) is 0 Å². The highest BCUT2D eigenvalue weighted by molar-refractivity contribution is 5.92. The summed E-state index contributed by atoms with van der Waals surface area (Å²) in [6, 6.07) is 9.87. The SMILES string of the molecule is Cl.Cn1ccnc1C1CNCCN1C(=O)c1cn(Cc2ccccc2)nn1. The number of carbonyl (C=O) groups excluding carboxylic acids is 1. The minimum Gasteiger partial charge on any atom is -0.336 e. The van der Waals surface area contributed by atoms with Gasteiger partial charge in [-0.3, -0.25) is 4.79 Å². The van der Waals surface area contributed by atoms with E-state index in [1.165, 1.54) is 0 Å². The molecule has 27 heavy (non-hydrogen) atoms. The number of benzene rings is 1. The average molecular weight is 388 g/mol. The van der Waals surface area contributed by atoms with Crippen LogP contribution in [-0.4, -0.2) is 55.0 Å². The van der Waals surface area contributed by atoms with E-state index in [1.807, 2.05) is 53.0 Å². The van der Waals surface area contributed by atoms with Crippen molar-refractivity contribution in [1.82, 2.24) is 34.8 Å². The number of carbonyl (C=O) groups is 1. The van der Waals surface area contributed by atoms with E-state index in [0.29, 0.717) is 25.3 Å². The smallest absolute Gasteiger partial charge is 0.276 e. The fourth-order valence-electron chi connectivity index (χ4n) is 3.27. The molecule has 0 spiro atoms. The zero-order valence-electron chi connectivity index (χ0n) is 15.0. The molecule has 1 atom stereocenters. The lowest BCUT2D eigenvalue weighted by atomic mass is 10.1. The topological polar surface area (TPSA) is 80.9 Å². The van der Waals surface area contributed by atoms with Crippen molar-refractivity contribution in [2.75, 3.05) is 19.6 Å². The van der Waals surface area contributed by atoms with Crippen molar-refractivity contribution < 1.29 is 4.79 Å². The van der Waals surface area contributed by atoms with Crippen molar-refractivity contribution >= 4 is 18.3 Å². The van der Waals surface area contributed by atoms with Gasteiger partial charge >= 0.3 is 0 Å². The minimum absolute atomic E-state index is 0. The van der Waals surface area contributed by atoms with Crippen LogP contribution in [0.5, 0.6) is 0 Å². The van der Waals surface area contributed by atoms with Crippen LogP contribution in [0.2, 0.25) is 0 Å². The first-order chi connectivity index (χ1) is 12.7. The molecule has 1 aliphatic rings. The Kier molecular flexibility index (Phi) is 5.88. The van der Waals surface area contributed by atoms with Crippen LogP contribution in [0.25, 0.3) is 0 Å².